The first kappa shape index (κ1) is 25.7. The van der Waals surface area contributed by atoms with Crippen molar-refractivity contribution in [3.8, 4) is 6.01 Å². The summed E-state index contributed by atoms with van der Waals surface area (Å²) in [7, 11) is 0. The van der Waals surface area contributed by atoms with Crippen LogP contribution in [0.4, 0.5) is 19.0 Å². The maximum Gasteiger partial charge on any atom is 0.451 e. The van der Waals surface area contributed by atoms with Crippen molar-refractivity contribution in [2.45, 2.75) is 65.2 Å². The van der Waals surface area contributed by atoms with Crippen LogP contribution in [0, 0.1) is 5.92 Å². The summed E-state index contributed by atoms with van der Waals surface area (Å²) in [5.74, 6) is 0.297. The molecule has 5 heterocycles. The first-order chi connectivity index (χ1) is 17.8. The fraction of sp³-hybridized carbons (Fsp3) is 0.625. The van der Waals surface area contributed by atoms with Crippen LogP contribution in [-0.2, 0) is 30.5 Å². The molecule has 0 radical (unpaired) electrons. The summed E-state index contributed by atoms with van der Waals surface area (Å²) >= 11 is 1.58. The second kappa shape index (κ2) is 10.4. The molecule has 0 N–H and O–H groups in total. The molecule has 1 fully saturated rings. The molecule has 2 aliphatic heterocycles. The van der Waals surface area contributed by atoms with E-state index >= 15 is 0 Å². The average molecular weight is 538 g/mol. The van der Waals surface area contributed by atoms with Gasteiger partial charge in [-0.15, -0.1) is 21.5 Å². The van der Waals surface area contributed by atoms with Crippen LogP contribution in [0.25, 0.3) is 10.2 Å². The number of hydrogen-bond acceptors (Lipinski definition) is 8. The Bertz CT molecular complexity index is 1280. The highest BCUT2D eigenvalue weighted by Gasteiger charge is 2.40. The van der Waals surface area contributed by atoms with Gasteiger partial charge < -0.3 is 19.1 Å². The molecular formula is C24H30F3N7O2S. The molecule has 0 aromatic carbocycles. The summed E-state index contributed by atoms with van der Waals surface area (Å²) in [5.41, 5.74) is 0. The van der Waals surface area contributed by atoms with E-state index < -0.39 is 12.0 Å². The maximum atomic E-state index is 13.3. The van der Waals surface area contributed by atoms with Gasteiger partial charge in [-0.1, -0.05) is 20.3 Å². The lowest BCUT2D eigenvalue weighted by molar-refractivity contribution is -0.147. The fourth-order valence-electron chi connectivity index (χ4n) is 4.92. The number of aromatic nitrogens is 5. The van der Waals surface area contributed by atoms with Gasteiger partial charge in [0.05, 0.1) is 18.5 Å². The number of carbonyl (C=O) groups excluding carboxylic acids is 1. The molecule has 5 rings (SSSR count). The third-order valence-electron chi connectivity index (χ3n) is 6.76. The number of rotatable bonds is 8. The van der Waals surface area contributed by atoms with Gasteiger partial charge in [-0.05, 0) is 25.3 Å². The van der Waals surface area contributed by atoms with Gasteiger partial charge >= 0.3 is 12.2 Å². The van der Waals surface area contributed by atoms with E-state index in [1.807, 2.05) is 16.7 Å². The van der Waals surface area contributed by atoms with Crippen LogP contribution in [0.15, 0.2) is 6.07 Å². The summed E-state index contributed by atoms with van der Waals surface area (Å²) < 4.78 is 47.0. The lowest BCUT2D eigenvalue weighted by atomic mass is 10.1. The van der Waals surface area contributed by atoms with Crippen LogP contribution in [-0.4, -0.2) is 61.8 Å². The van der Waals surface area contributed by atoms with Gasteiger partial charge in [0.2, 0.25) is 11.7 Å². The third kappa shape index (κ3) is 5.36. The van der Waals surface area contributed by atoms with Gasteiger partial charge in [0.1, 0.15) is 10.6 Å². The predicted octanol–water partition coefficient (Wildman–Crippen LogP) is 4.30. The molecule has 1 saturated heterocycles. The van der Waals surface area contributed by atoms with Crippen LogP contribution in [0.2, 0.25) is 0 Å². The largest absolute Gasteiger partial charge is 0.463 e. The minimum atomic E-state index is -4.55. The number of hydrogen-bond donors (Lipinski definition) is 0. The van der Waals surface area contributed by atoms with Crippen molar-refractivity contribution < 1.29 is 22.7 Å². The summed E-state index contributed by atoms with van der Waals surface area (Å²) in [6.45, 7) is 6.50. The summed E-state index contributed by atoms with van der Waals surface area (Å²) in [4.78, 5) is 27.4. The second-order valence-electron chi connectivity index (χ2n) is 9.58. The highest BCUT2D eigenvalue weighted by atomic mass is 32.1. The van der Waals surface area contributed by atoms with Crippen LogP contribution in [0.3, 0.4) is 0 Å². The Hall–Kier alpha value is -2.96. The number of aryl methyl sites for hydroxylation is 1. The lowest BCUT2D eigenvalue weighted by Gasteiger charge is -2.29. The van der Waals surface area contributed by atoms with Crippen molar-refractivity contribution in [1.29, 1.82) is 0 Å². The van der Waals surface area contributed by atoms with Crippen LogP contribution in [0.1, 0.15) is 56.1 Å². The van der Waals surface area contributed by atoms with E-state index in [0.717, 1.165) is 47.0 Å². The number of ether oxygens (including phenoxy) is 1. The highest BCUT2D eigenvalue weighted by Crippen LogP contribution is 2.36. The molecule has 200 valence electrons. The minimum Gasteiger partial charge on any atom is -0.463 e. The van der Waals surface area contributed by atoms with Gasteiger partial charge in [-0.25, -0.2) is 0 Å². The monoisotopic (exact) mass is 537 g/mol. The van der Waals surface area contributed by atoms with Crippen molar-refractivity contribution >= 4 is 33.3 Å². The first-order valence-electron chi connectivity index (χ1n) is 12.7. The molecule has 1 amide bonds. The summed E-state index contributed by atoms with van der Waals surface area (Å²) in [6, 6.07) is 2.31. The molecule has 9 nitrogen and oxygen atoms in total. The number of fused-ring (bicyclic) bond motifs is 2. The van der Waals surface area contributed by atoms with E-state index in [0.29, 0.717) is 31.9 Å². The predicted molar refractivity (Wildman–Crippen MR) is 133 cm³/mol. The number of amides is 1. The number of alkyl halides is 3. The van der Waals surface area contributed by atoms with E-state index in [4.69, 9.17) is 9.72 Å². The number of nitrogens with zero attached hydrogens (tertiary/aromatic N) is 7. The highest BCUT2D eigenvalue weighted by molar-refractivity contribution is 7.18. The smallest absolute Gasteiger partial charge is 0.451 e. The molecule has 3 aromatic rings. The third-order valence-corrected chi connectivity index (χ3v) is 7.85. The van der Waals surface area contributed by atoms with E-state index in [9.17, 15) is 18.0 Å². The molecular weight excluding hydrogens is 507 g/mol. The zero-order valence-corrected chi connectivity index (χ0v) is 21.7. The molecule has 2 aliphatic rings. The van der Waals surface area contributed by atoms with Crippen molar-refractivity contribution in [3.63, 3.8) is 0 Å². The van der Waals surface area contributed by atoms with Crippen LogP contribution >= 0.6 is 11.3 Å². The van der Waals surface area contributed by atoms with E-state index in [2.05, 4.69) is 28.2 Å². The topological polar surface area (TPSA) is 89.3 Å². The Morgan fingerprint density at radius 3 is 2.76 bits per heavy atom. The van der Waals surface area contributed by atoms with E-state index in [-0.39, 0.29) is 36.7 Å². The van der Waals surface area contributed by atoms with Gasteiger partial charge in [-0.3, -0.25) is 4.79 Å². The molecule has 0 saturated carbocycles. The Balaban J connectivity index is 1.37. The molecule has 1 atom stereocenters. The molecule has 0 aliphatic carbocycles. The fourth-order valence-corrected chi connectivity index (χ4v) is 6.04. The molecule has 0 bridgehead atoms. The number of carbonyl (C=O) groups is 1. The Labute approximate surface area is 216 Å². The minimum absolute atomic E-state index is 0.106. The molecule has 0 unspecified atom stereocenters. The maximum absolute atomic E-state index is 13.3. The molecule has 37 heavy (non-hydrogen) atoms. The average Bonchev–Trinajstić information content (AvgIpc) is 3.59. The number of anilines is 1. The Morgan fingerprint density at radius 2 is 2.00 bits per heavy atom. The van der Waals surface area contributed by atoms with Crippen molar-refractivity contribution in [2.75, 3.05) is 31.1 Å². The van der Waals surface area contributed by atoms with E-state index in [1.54, 1.807) is 11.3 Å². The van der Waals surface area contributed by atoms with Gasteiger partial charge in [0.15, 0.2) is 5.82 Å². The summed E-state index contributed by atoms with van der Waals surface area (Å²) in [5, 5.41) is 8.06. The summed E-state index contributed by atoms with van der Waals surface area (Å²) in [6.07, 6.45) is -0.393. The van der Waals surface area contributed by atoms with Gasteiger partial charge in [0.25, 0.3) is 0 Å². The van der Waals surface area contributed by atoms with Gasteiger partial charge in [0, 0.05) is 43.4 Å². The van der Waals surface area contributed by atoms with Crippen molar-refractivity contribution in [1.82, 2.24) is 29.6 Å². The van der Waals surface area contributed by atoms with Crippen LogP contribution < -0.4 is 9.64 Å². The number of likely N-dealkylation sites (tertiary alicyclic amines) is 1. The number of thiophene rings is 1. The van der Waals surface area contributed by atoms with Gasteiger partial charge in [-0.2, -0.15) is 23.1 Å². The molecule has 3 aromatic heterocycles. The molecule has 0 spiro atoms. The molecule has 13 heteroatoms. The standard InChI is InChI=1S/C24H30F3N7O2S/c1-3-5-16-11-17-20(33-9-10-34-18(13-33)30-31-22(34)24(25,26)27)28-23(29-21(17)37-16)36-14-15-7-8-32(12-15)19(35)6-4-2/h11,15H,3-10,12-14H2,1-2H3/t15-/m1/s1. The zero-order chi connectivity index (χ0) is 26.2. The quantitative estimate of drug-likeness (QED) is 0.423. The number of halogens is 3. The lowest BCUT2D eigenvalue weighted by Crippen LogP contribution is -2.36. The van der Waals surface area contributed by atoms with E-state index in [1.165, 1.54) is 4.88 Å². The zero-order valence-electron chi connectivity index (χ0n) is 20.9. The van der Waals surface area contributed by atoms with Crippen molar-refractivity contribution in [3.05, 3.63) is 22.6 Å². The van der Waals surface area contributed by atoms with Crippen LogP contribution in [0.5, 0.6) is 6.01 Å². The Kier molecular flexibility index (Phi) is 7.24. The second-order valence-corrected chi connectivity index (χ2v) is 10.7. The van der Waals surface area contributed by atoms with Crippen molar-refractivity contribution in [2.24, 2.45) is 5.92 Å². The SMILES string of the molecule is CCCC(=O)N1CC[C@@H](COc2nc(N3CCn4c(nnc4C(F)(F)F)C3)c3cc(CCC)sc3n2)C1. The Morgan fingerprint density at radius 1 is 1.16 bits per heavy atom. The normalized spacial score (nSPS) is 18.0. The first-order valence-corrected chi connectivity index (χ1v) is 13.5.